The Morgan fingerprint density at radius 1 is 0.643 bits per heavy atom. The molecular weight excluding hydrogens is 689 g/mol. The summed E-state index contributed by atoms with van der Waals surface area (Å²) in [6, 6.07) is -7.11. The van der Waals surface area contributed by atoms with Crippen molar-refractivity contribution in [2.75, 3.05) is 6.54 Å². The minimum absolute atomic E-state index is 0.286. The molecule has 0 saturated heterocycles. The topological polar surface area (TPSA) is 63.7 Å². The Morgan fingerprint density at radius 2 is 0.952 bits per heavy atom. The summed E-state index contributed by atoms with van der Waals surface area (Å²) in [5.41, 5.74) is 0. The molecule has 0 fully saturated rings. The van der Waals surface area contributed by atoms with Crippen molar-refractivity contribution in [3.63, 3.8) is 0 Å². The first-order chi connectivity index (χ1) is 17.9. The number of carbonyl (C=O) groups excluding carboxylic acids is 1. The van der Waals surface area contributed by atoms with Gasteiger partial charge in [0.25, 0.3) is 10.0 Å². The van der Waals surface area contributed by atoms with Crippen LogP contribution >= 0.6 is 0 Å². The van der Waals surface area contributed by atoms with Crippen molar-refractivity contribution in [2.24, 2.45) is 0 Å². The van der Waals surface area contributed by atoms with Crippen LogP contribution in [0.2, 0.25) is 0 Å². The van der Waals surface area contributed by atoms with E-state index in [0.717, 1.165) is 0 Å². The van der Waals surface area contributed by atoms with Crippen LogP contribution in [0, 0.1) is 0 Å². The van der Waals surface area contributed by atoms with Crippen molar-refractivity contribution >= 4 is 16.0 Å². The zero-order valence-electron chi connectivity index (χ0n) is 18.9. The molecule has 0 aromatic carbocycles. The van der Waals surface area contributed by atoms with Crippen LogP contribution in [0.25, 0.3) is 0 Å². The maximum Gasteiger partial charge on any atom is 0.483 e. The summed E-state index contributed by atoms with van der Waals surface area (Å²) >= 11 is 0. The summed E-state index contributed by atoms with van der Waals surface area (Å²) in [5, 5.41) is -8.55. The van der Waals surface area contributed by atoms with Gasteiger partial charge >= 0.3 is 65.1 Å². The Hall–Kier alpha value is -2.35. The molecular formula is C15H8F21NO4S. The molecule has 0 saturated carbocycles. The first-order valence-corrected chi connectivity index (χ1v) is 10.7. The van der Waals surface area contributed by atoms with Crippen molar-refractivity contribution in [1.29, 1.82) is 0 Å². The van der Waals surface area contributed by atoms with Gasteiger partial charge in [-0.05, 0) is 0 Å². The van der Waals surface area contributed by atoms with Crippen molar-refractivity contribution in [1.82, 2.24) is 4.31 Å². The van der Waals surface area contributed by atoms with Crippen LogP contribution in [0.5, 0.6) is 0 Å². The van der Waals surface area contributed by atoms with Crippen LogP contribution in [0.3, 0.4) is 0 Å². The van der Waals surface area contributed by atoms with E-state index in [1.165, 1.54) is 0 Å². The fourth-order valence-electron chi connectivity index (χ4n) is 2.34. The quantitative estimate of drug-likeness (QED) is 0.0953. The number of esters is 1. The molecule has 0 radical (unpaired) electrons. The Bertz CT molecular complexity index is 1140. The van der Waals surface area contributed by atoms with Crippen molar-refractivity contribution in [3.8, 4) is 0 Å². The number of sulfonamides is 1. The second-order valence-corrected chi connectivity index (χ2v) is 9.22. The van der Waals surface area contributed by atoms with E-state index >= 15 is 0 Å². The maximum atomic E-state index is 14.1. The van der Waals surface area contributed by atoms with Crippen LogP contribution in [0.15, 0.2) is 12.7 Å². The predicted molar refractivity (Wildman–Crippen MR) is 88.2 cm³/mol. The molecule has 0 aromatic heterocycles. The van der Waals surface area contributed by atoms with E-state index in [-0.39, 0.29) is 6.92 Å². The molecule has 0 aliphatic carbocycles. The molecule has 42 heavy (non-hydrogen) atoms. The zero-order valence-corrected chi connectivity index (χ0v) is 19.7. The summed E-state index contributed by atoms with van der Waals surface area (Å²) in [6.45, 7) is -0.666. The summed E-state index contributed by atoms with van der Waals surface area (Å²) in [4.78, 5) is 10.7. The van der Waals surface area contributed by atoms with Gasteiger partial charge in [-0.1, -0.05) is 13.5 Å². The van der Waals surface area contributed by atoms with Gasteiger partial charge in [-0.3, -0.25) is 0 Å². The van der Waals surface area contributed by atoms with Crippen LogP contribution in [0.1, 0.15) is 6.92 Å². The molecule has 0 amide bonds. The van der Waals surface area contributed by atoms with E-state index in [0.29, 0.717) is 0 Å². The molecule has 0 bridgehead atoms. The smallest absolute Gasteiger partial charge is 0.392 e. The standard InChI is InChI=1S/C15H8F21NO4S/c1-3-5(38)41-14(33,34)13(31,32)37(4-2)42(39,40)15(35,36)11(26,27)9(22,23)7(18,19)6(16,17)8(20,21)10(24,25)12(28,29)30/h3H,1,4H2,2H3. The first-order valence-electron chi connectivity index (χ1n) is 9.24. The molecule has 0 unspecified atom stereocenters. The third-order valence-electron chi connectivity index (χ3n) is 4.65. The van der Waals surface area contributed by atoms with Gasteiger partial charge in [-0.15, -0.1) is 4.31 Å². The van der Waals surface area contributed by atoms with Gasteiger partial charge in [-0.2, -0.15) is 92.2 Å². The Balaban J connectivity index is 7.32. The molecule has 0 aromatic rings. The van der Waals surface area contributed by atoms with Gasteiger partial charge in [0.15, 0.2) is 0 Å². The van der Waals surface area contributed by atoms with Crippen LogP contribution < -0.4 is 0 Å². The molecule has 0 spiro atoms. The molecule has 0 N–H and O–H groups in total. The largest absolute Gasteiger partial charge is 0.483 e. The third-order valence-corrected chi connectivity index (χ3v) is 6.63. The lowest BCUT2D eigenvalue weighted by Gasteiger charge is -2.43. The first kappa shape index (κ1) is 39.6. The van der Waals surface area contributed by atoms with Gasteiger partial charge in [0.1, 0.15) is 0 Å². The molecule has 0 aliphatic heterocycles. The van der Waals surface area contributed by atoms with E-state index in [9.17, 15) is 105 Å². The summed E-state index contributed by atoms with van der Waals surface area (Å²) in [6.07, 6.45) is -15.2. The molecule has 0 heterocycles. The minimum atomic E-state index is -9.27. The SMILES string of the molecule is C=CC(=O)OC(F)(F)C(F)(F)N(CC)S(=O)(=O)C(F)(F)C(F)(F)C(F)(F)C(F)(F)C(F)(F)C(F)(F)C(F)(F)C(F)(F)F. The van der Waals surface area contributed by atoms with E-state index < -0.39 is 92.0 Å². The number of nitrogens with zero attached hydrogens (tertiary/aromatic N) is 1. The average molecular weight is 697 g/mol. The van der Waals surface area contributed by atoms with Gasteiger partial charge in [0.2, 0.25) is 0 Å². The van der Waals surface area contributed by atoms with Crippen LogP contribution in [0.4, 0.5) is 92.2 Å². The number of alkyl halides is 21. The second kappa shape index (κ2) is 10.4. The van der Waals surface area contributed by atoms with Gasteiger partial charge in [0.05, 0.1) is 0 Å². The summed E-state index contributed by atoms with van der Waals surface area (Å²) < 4.78 is 305. The molecule has 250 valence electrons. The minimum Gasteiger partial charge on any atom is -0.392 e. The molecule has 27 heteroatoms. The lowest BCUT2D eigenvalue weighted by molar-refractivity contribution is -0.458. The Labute approximate surface area is 216 Å². The summed E-state index contributed by atoms with van der Waals surface area (Å²) in [5.74, 6) is -56.9. The number of rotatable bonds is 13. The van der Waals surface area contributed by atoms with E-state index in [1.54, 1.807) is 0 Å². The lowest BCUT2D eigenvalue weighted by Crippen LogP contribution is -2.75. The molecule has 0 rings (SSSR count). The monoisotopic (exact) mass is 697 g/mol. The average Bonchev–Trinajstić information content (AvgIpc) is 2.76. The highest BCUT2D eigenvalue weighted by Gasteiger charge is 2.96. The second-order valence-electron chi connectivity index (χ2n) is 7.31. The van der Waals surface area contributed by atoms with E-state index in [2.05, 4.69) is 11.3 Å². The number of halogens is 21. The Morgan fingerprint density at radius 3 is 1.24 bits per heavy atom. The third kappa shape index (κ3) is 5.09. The highest BCUT2D eigenvalue weighted by molar-refractivity contribution is 7.90. The number of carbonyl (C=O) groups is 1. The van der Waals surface area contributed by atoms with Crippen molar-refractivity contribution < 1.29 is 110 Å². The summed E-state index contributed by atoms with van der Waals surface area (Å²) in [7, 11) is -8.84. The highest BCUT2D eigenvalue weighted by atomic mass is 32.2. The fourth-order valence-corrected chi connectivity index (χ4v) is 3.82. The number of hydrogen-bond donors (Lipinski definition) is 0. The molecule has 0 aliphatic rings. The van der Waals surface area contributed by atoms with Gasteiger partial charge in [-0.25, -0.2) is 13.2 Å². The maximum absolute atomic E-state index is 14.1. The van der Waals surface area contributed by atoms with Crippen LogP contribution in [-0.4, -0.2) is 84.4 Å². The van der Waals surface area contributed by atoms with Crippen molar-refractivity contribution in [2.45, 2.75) is 66.0 Å². The van der Waals surface area contributed by atoms with E-state index in [4.69, 9.17) is 0 Å². The predicted octanol–water partition coefficient (Wildman–Crippen LogP) is 6.52. The lowest BCUT2D eigenvalue weighted by atomic mass is 9.91. The normalized spacial score (nSPS) is 16.1. The number of likely N-dealkylation sites (N-methyl/N-ethyl adjacent to an activating group) is 1. The van der Waals surface area contributed by atoms with Crippen LogP contribution in [-0.2, 0) is 19.6 Å². The number of ether oxygens (including phenoxy) is 1. The van der Waals surface area contributed by atoms with E-state index in [1.807, 2.05) is 0 Å². The Kier molecular flexibility index (Phi) is 9.80. The number of hydrogen-bond acceptors (Lipinski definition) is 4. The zero-order chi connectivity index (χ0) is 34.8. The molecule has 0 atom stereocenters. The van der Waals surface area contributed by atoms with Gasteiger partial charge < -0.3 is 4.74 Å². The fraction of sp³-hybridized carbons (Fsp3) is 0.800. The highest BCUT2D eigenvalue weighted by Crippen LogP contribution is 2.64. The van der Waals surface area contributed by atoms with Gasteiger partial charge in [0, 0.05) is 12.6 Å². The van der Waals surface area contributed by atoms with Crippen molar-refractivity contribution in [3.05, 3.63) is 12.7 Å². The molecule has 5 nitrogen and oxygen atoms in total.